The Morgan fingerprint density at radius 3 is 2.35 bits per heavy atom. The molecule has 0 radical (unpaired) electrons. The maximum Gasteiger partial charge on any atom is 0.305 e. The van der Waals surface area contributed by atoms with E-state index in [1.54, 1.807) is 0 Å². The molecule has 1 saturated carbocycles. The zero-order chi connectivity index (χ0) is 18.9. The van der Waals surface area contributed by atoms with E-state index in [-0.39, 0.29) is 5.97 Å². The van der Waals surface area contributed by atoms with Crippen LogP contribution in [0, 0.1) is 11.8 Å². The second kappa shape index (κ2) is 15.9. The largest absolute Gasteiger partial charge is 0.469 e. The van der Waals surface area contributed by atoms with Crippen LogP contribution in [0.5, 0.6) is 0 Å². The van der Waals surface area contributed by atoms with Crippen molar-refractivity contribution in [1.82, 2.24) is 0 Å². The summed E-state index contributed by atoms with van der Waals surface area (Å²) in [7, 11) is 1.45. The molecule has 0 saturated heterocycles. The number of esters is 1. The molecule has 1 rings (SSSR count). The van der Waals surface area contributed by atoms with Gasteiger partial charge in [-0.1, -0.05) is 56.2 Å². The summed E-state index contributed by atoms with van der Waals surface area (Å²) in [5, 5.41) is 0. The highest BCUT2D eigenvalue weighted by molar-refractivity contribution is 5.69. The van der Waals surface area contributed by atoms with Crippen LogP contribution in [0.25, 0.3) is 0 Å². The van der Waals surface area contributed by atoms with Gasteiger partial charge in [0.2, 0.25) is 0 Å². The highest BCUT2D eigenvalue weighted by Crippen LogP contribution is 2.41. The van der Waals surface area contributed by atoms with Crippen molar-refractivity contribution < 1.29 is 9.53 Å². The number of hydrogen-bond donors (Lipinski definition) is 0. The SMILES string of the molecule is CCCCCC=CCC(CCC=CCC=CCCCC(=O)OC)C1CC1. The Hall–Kier alpha value is -1.31. The molecule has 0 spiro atoms. The molecule has 1 unspecified atom stereocenters. The van der Waals surface area contributed by atoms with Gasteiger partial charge in [-0.25, -0.2) is 0 Å². The predicted molar refractivity (Wildman–Crippen MR) is 112 cm³/mol. The average molecular weight is 361 g/mol. The molecule has 148 valence electrons. The normalized spacial score (nSPS) is 16.1. The fourth-order valence-electron chi connectivity index (χ4n) is 3.30. The lowest BCUT2D eigenvalue weighted by Gasteiger charge is -2.12. The number of hydrogen-bond acceptors (Lipinski definition) is 2. The molecule has 0 N–H and O–H groups in total. The Bertz CT molecular complexity index is 429. The molecule has 0 aliphatic heterocycles. The Morgan fingerprint density at radius 2 is 1.65 bits per heavy atom. The van der Waals surface area contributed by atoms with Crippen LogP contribution < -0.4 is 0 Å². The third kappa shape index (κ3) is 13.0. The van der Waals surface area contributed by atoms with Crippen LogP contribution in [0.1, 0.15) is 90.4 Å². The van der Waals surface area contributed by atoms with Crippen molar-refractivity contribution in [3.63, 3.8) is 0 Å². The smallest absolute Gasteiger partial charge is 0.305 e. The highest BCUT2D eigenvalue weighted by atomic mass is 16.5. The maximum absolute atomic E-state index is 11.0. The Morgan fingerprint density at radius 1 is 0.962 bits per heavy atom. The van der Waals surface area contributed by atoms with Crippen molar-refractivity contribution in [3.05, 3.63) is 36.5 Å². The summed E-state index contributed by atoms with van der Waals surface area (Å²) >= 11 is 0. The summed E-state index contributed by atoms with van der Waals surface area (Å²) in [6.45, 7) is 2.27. The van der Waals surface area contributed by atoms with E-state index in [0.717, 1.165) is 31.1 Å². The van der Waals surface area contributed by atoms with Crippen LogP contribution >= 0.6 is 0 Å². The quantitative estimate of drug-likeness (QED) is 0.166. The predicted octanol–water partition coefficient (Wildman–Crippen LogP) is 7.17. The standard InChI is InChI=1S/C24H40O2/c1-3-4-5-6-11-14-17-22(23-20-21-23)18-15-12-9-7-8-10-13-16-19-24(25)26-2/h8-12,14,22-23H,3-7,13,15-21H2,1-2H3. The minimum Gasteiger partial charge on any atom is -0.469 e. The minimum absolute atomic E-state index is 0.112. The summed E-state index contributed by atoms with van der Waals surface area (Å²) in [6.07, 6.45) is 29.2. The Kier molecular flexibility index (Phi) is 13.9. The van der Waals surface area contributed by atoms with Gasteiger partial charge in [0, 0.05) is 6.42 Å². The lowest BCUT2D eigenvalue weighted by Crippen LogP contribution is -2.01. The van der Waals surface area contributed by atoms with Gasteiger partial charge in [-0.05, 0) is 76.0 Å². The monoisotopic (exact) mass is 360 g/mol. The van der Waals surface area contributed by atoms with Gasteiger partial charge in [0.15, 0.2) is 0 Å². The van der Waals surface area contributed by atoms with E-state index in [9.17, 15) is 4.79 Å². The fraction of sp³-hybridized carbons (Fsp3) is 0.708. The Balaban J connectivity index is 2.05. The van der Waals surface area contributed by atoms with Crippen LogP contribution in [-0.4, -0.2) is 13.1 Å². The summed E-state index contributed by atoms with van der Waals surface area (Å²) in [5.41, 5.74) is 0. The molecular weight excluding hydrogens is 320 g/mol. The van der Waals surface area contributed by atoms with Gasteiger partial charge in [0.05, 0.1) is 7.11 Å². The molecule has 0 bridgehead atoms. The number of rotatable bonds is 16. The second-order valence-corrected chi connectivity index (χ2v) is 7.52. The average Bonchev–Trinajstić information content (AvgIpc) is 3.49. The first-order valence-corrected chi connectivity index (χ1v) is 10.8. The van der Waals surface area contributed by atoms with Gasteiger partial charge < -0.3 is 4.74 Å². The maximum atomic E-state index is 11.0. The number of unbranched alkanes of at least 4 members (excludes halogenated alkanes) is 4. The molecule has 1 aliphatic carbocycles. The lowest BCUT2D eigenvalue weighted by atomic mass is 9.93. The van der Waals surface area contributed by atoms with Gasteiger partial charge in [-0.3, -0.25) is 4.79 Å². The molecule has 2 heteroatoms. The molecule has 0 aromatic heterocycles. The molecule has 0 aromatic rings. The van der Waals surface area contributed by atoms with Crippen molar-refractivity contribution >= 4 is 5.97 Å². The molecular formula is C24H40O2. The summed E-state index contributed by atoms with van der Waals surface area (Å²) in [4.78, 5) is 11.0. The van der Waals surface area contributed by atoms with Crippen LogP contribution in [0.3, 0.4) is 0 Å². The van der Waals surface area contributed by atoms with E-state index >= 15 is 0 Å². The zero-order valence-corrected chi connectivity index (χ0v) is 17.1. The third-order valence-corrected chi connectivity index (χ3v) is 5.16. The molecule has 0 amide bonds. The van der Waals surface area contributed by atoms with Crippen molar-refractivity contribution in [2.24, 2.45) is 11.8 Å². The van der Waals surface area contributed by atoms with E-state index in [2.05, 4.69) is 48.1 Å². The molecule has 1 aliphatic rings. The van der Waals surface area contributed by atoms with Crippen LogP contribution in [-0.2, 0) is 9.53 Å². The second-order valence-electron chi connectivity index (χ2n) is 7.52. The summed E-state index contributed by atoms with van der Waals surface area (Å²) in [5.74, 6) is 1.79. The molecule has 0 heterocycles. The van der Waals surface area contributed by atoms with Gasteiger partial charge in [0.25, 0.3) is 0 Å². The number of methoxy groups -OCH3 is 1. The van der Waals surface area contributed by atoms with E-state index in [1.807, 2.05) is 0 Å². The summed E-state index contributed by atoms with van der Waals surface area (Å²) < 4.78 is 4.63. The first-order chi connectivity index (χ1) is 12.8. The molecule has 0 aromatic carbocycles. The number of carbonyl (C=O) groups excluding carboxylic acids is 1. The molecule has 2 nitrogen and oxygen atoms in total. The fourth-order valence-corrected chi connectivity index (χ4v) is 3.30. The molecule has 26 heavy (non-hydrogen) atoms. The van der Waals surface area contributed by atoms with Crippen LogP contribution in [0.2, 0.25) is 0 Å². The van der Waals surface area contributed by atoms with Crippen molar-refractivity contribution in [2.45, 2.75) is 90.4 Å². The van der Waals surface area contributed by atoms with Crippen LogP contribution in [0.15, 0.2) is 36.5 Å². The van der Waals surface area contributed by atoms with Gasteiger partial charge in [-0.15, -0.1) is 0 Å². The first-order valence-electron chi connectivity index (χ1n) is 10.8. The molecule has 1 atom stereocenters. The van der Waals surface area contributed by atoms with E-state index < -0.39 is 0 Å². The van der Waals surface area contributed by atoms with E-state index in [4.69, 9.17) is 0 Å². The Labute approximate surface area is 161 Å². The van der Waals surface area contributed by atoms with E-state index in [1.165, 1.54) is 64.9 Å². The minimum atomic E-state index is -0.112. The highest BCUT2D eigenvalue weighted by Gasteiger charge is 2.29. The molecule has 1 fully saturated rings. The van der Waals surface area contributed by atoms with Crippen molar-refractivity contribution in [2.75, 3.05) is 7.11 Å². The lowest BCUT2D eigenvalue weighted by molar-refractivity contribution is -0.140. The number of allylic oxidation sites excluding steroid dienone is 6. The zero-order valence-electron chi connectivity index (χ0n) is 17.1. The van der Waals surface area contributed by atoms with Crippen molar-refractivity contribution in [3.8, 4) is 0 Å². The van der Waals surface area contributed by atoms with Gasteiger partial charge >= 0.3 is 5.97 Å². The number of carbonyl (C=O) groups is 1. The van der Waals surface area contributed by atoms with Gasteiger partial charge in [0.1, 0.15) is 0 Å². The van der Waals surface area contributed by atoms with E-state index in [0.29, 0.717) is 6.42 Å². The third-order valence-electron chi connectivity index (χ3n) is 5.16. The van der Waals surface area contributed by atoms with Crippen LogP contribution in [0.4, 0.5) is 0 Å². The first kappa shape index (κ1) is 22.7. The number of ether oxygens (including phenoxy) is 1. The summed E-state index contributed by atoms with van der Waals surface area (Å²) in [6, 6.07) is 0. The van der Waals surface area contributed by atoms with Crippen molar-refractivity contribution in [1.29, 1.82) is 0 Å². The topological polar surface area (TPSA) is 26.3 Å². The van der Waals surface area contributed by atoms with Gasteiger partial charge in [-0.2, -0.15) is 0 Å².